The van der Waals surface area contributed by atoms with Crippen LogP contribution in [0.5, 0.6) is 0 Å². The molecule has 0 aliphatic rings. The number of carbonyl (C=O) groups is 1. The monoisotopic (exact) mass is 244 g/mol. The number of amides is 1. The van der Waals surface area contributed by atoms with Crippen molar-refractivity contribution in [3.05, 3.63) is 41.2 Å². The van der Waals surface area contributed by atoms with Gasteiger partial charge in [0.15, 0.2) is 0 Å². The Labute approximate surface area is 106 Å². The lowest BCUT2D eigenvalue weighted by atomic mass is 10.0. The van der Waals surface area contributed by atoms with E-state index >= 15 is 0 Å². The molecule has 1 aromatic heterocycles. The largest absolute Gasteiger partial charge is 0.294 e. The Morgan fingerprint density at radius 3 is 2.83 bits per heavy atom. The number of anilines is 1. The van der Waals surface area contributed by atoms with Crippen molar-refractivity contribution in [2.45, 2.75) is 20.3 Å². The third-order valence-corrected chi connectivity index (χ3v) is 2.82. The van der Waals surface area contributed by atoms with Crippen molar-refractivity contribution in [3.8, 4) is 0 Å². The van der Waals surface area contributed by atoms with Gasteiger partial charge in [0.1, 0.15) is 6.33 Å². The first-order chi connectivity index (χ1) is 8.56. The smallest absolute Gasteiger partial charge is 0.231 e. The third-order valence-electron chi connectivity index (χ3n) is 2.82. The lowest BCUT2D eigenvalue weighted by Crippen LogP contribution is -2.18. The van der Waals surface area contributed by atoms with Crippen LogP contribution in [-0.2, 0) is 18.3 Å². The fraction of sp³-hybridized carbons (Fsp3) is 0.308. The number of benzene rings is 1. The van der Waals surface area contributed by atoms with Gasteiger partial charge in [-0.25, -0.2) is 4.68 Å². The second-order valence-electron chi connectivity index (χ2n) is 4.36. The highest BCUT2D eigenvalue weighted by atomic mass is 16.1. The van der Waals surface area contributed by atoms with Gasteiger partial charge in [0.05, 0.1) is 6.42 Å². The van der Waals surface area contributed by atoms with Gasteiger partial charge < -0.3 is 0 Å². The predicted molar refractivity (Wildman–Crippen MR) is 69.3 cm³/mol. The van der Waals surface area contributed by atoms with Crippen molar-refractivity contribution in [1.29, 1.82) is 0 Å². The maximum Gasteiger partial charge on any atom is 0.231 e. The van der Waals surface area contributed by atoms with Crippen LogP contribution in [0.1, 0.15) is 16.7 Å². The molecule has 1 N–H and O–H groups in total. The van der Waals surface area contributed by atoms with Gasteiger partial charge in [-0.05, 0) is 25.0 Å². The molecule has 5 heteroatoms. The summed E-state index contributed by atoms with van der Waals surface area (Å²) in [6.45, 7) is 4.02. The molecule has 0 fully saturated rings. The normalized spacial score (nSPS) is 10.4. The second-order valence-corrected chi connectivity index (χ2v) is 4.36. The summed E-state index contributed by atoms with van der Waals surface area (Å²) >= 11 is 0. The molecule has 0 unspecified atom stereocenters. The summed E-state index contributed by atoms with van der Waals surface area (Å²) in [4.78, 5) is 15.9. The minimum atomic E-state index is -0.0835. The number of rotatable bonds is 3. The van der Waals surface area contributed by atoms with Crippen LogP contribution in [0.3, 0.4) is 0 Å². The summed E-state index contributed by atoms with van der Waals surface area (Å²) in [5.74, 6) is 0.380. The van der Waals surface area contributed by atoms with Gasteiger partial charge in [-0.2, -0.15) is 10.1 Å². The zero-order valence-electron chi connectivity index (χ0n) is 10.8. The average molecular weight is 244 g/mol. The van der Waals surface area contributed by atoms with Crippen LogP contribution < -0.4 is 5.32 Å². The molecule has 0 atom stereocenters. The summed E-state index contributed by atoms with van der Waals surface area (Å²) in [5.41, 5.74) is 3.31. The number of aromatic nitrogens is 3. The number of hydrogen-bond donors (Lipinski definition) is 1. The molecule has 0 aliphatic heterocycles. The molecule has 2 rings (SSSR count). The molecule has 0 aliphatic carbocycles. The standard InChI is InChI=1S/C13H16N4O/c1-9-4-5-10(2)11(6-9)7-12(18)16-13-14-8-15-17(13)3/h4-6,8H,7H2,1-3H3,(H,14,15,16,18). The molecule has 0 spiro atoms. The molecule has 1 amide bonds. The molecular formula is C13H16N4O. The average Bonchev–Trinajstić information content (AvgIpc) is 2.70. The van der Waals surface area contributed by atoms with E-state index in [-0.39, 0.29) is 5.91 Å². The molecule has 0 bridgehead atoms. The van der Waals surface area contributed by atoms with Crippen molar-refractivity contribution < 1.29 is 4.79 Å². The Hall–Kier alpha value is -2.17. The Morgan fingerprint density at radius 1 is 1.39 bits per heavy atom. The van der Waals surface area contributed by atoms with Crippen molar-refractivity contribution in [1.82, 2.24) is 14.8 Å². The number of nitrogens with one attached hydrogen (secondary N) is 1. The lowest BCUT2D eigenvalue weighted by Gasteiger charge is -2.07. The molecule has 18 heavy (non-hydrogen) atoms. The quantitative estimate of drug-likeness (QED) is 0.892. The minimum Gasteiger partial charge on any atom is -0.294 e. The van der Waals surface area contributed by atoms with Crippen LogP contribution in [-0.4, -0.2) is 20.7 Å². The highest BCUT2D eigenvalue weighted by Gasteiger charge is 2.09. The van der Waals surface area contributed by atoms with E-state index in [2.05, 4.69) is 15.4 Å². The SMILES string of the molecule is Cc1ccc(C)c(CC(=O)Nc2ncnn2C)c1. The number of hydrogen-bond acceptors (Lipinski definition) is 3. The van der Waals surface area contributed by atoms with E-state index in [1.165, 1.54) is 11.0 Å². The number of nitrogens with zero attached hydrogens (tertiary/aromatic N) is 3. The van der Waals surface area contributed by atoms with Crippen LogP contribution in [0.4, 0.5) is 5.95 Å². The van der Waals surface area contributed by atoms with Gasteiger partial charge in [-0.1, -0.05) is 23.8 Å². The summed E-state index contributed by atoms with van der Waals surface area (Å²) in [6.07, 6.45) is 1.76. The molecule has 5 nitrogen and oxygen atoms in total. The Morgan fingerprint density at radius 2 is 2.17 bits per heavy atom. The molecule has 0 saturated carbocycles. The molecule has 2 aromatic rings. The van der Waals surface area contributed by atoms with Gasteiger partial charge in [0, 0.05) is 7.05 Å². The summed E-state index contributed by atoms with van der Waals surface area (Å²) in [5, 5.41) is 6.63. The van der Waals surface area contributed by atoms with Gasteiger partial charge in [0.25, 0.3) is 0 Å². The topological polar surface area (TPSA) is 59.8 Å². The first-order valence-corrected chi connectivity index (χ1v) is 5.76. The molecule has 94 valence electrons. The fourth-order valence-corrected chi connectivity index (χ4v) is 1.74. The van der Waals surface area contributed by atoms with Crippen LogP contribution >= 0.6 is 0 Å². The van der Waals surface area contributed by atoms with Crippen LogP contribution in [0.2, 0.25) is 0 Å². The van der Waals surface area contributed by atoms with Crippen molar-refractivity contribution in [2.24, 2.45) is 7.05 Å². The Bertz CT molecular complexity index is 574. The van der Waals surface area contributed by atoms with Crippen molar-refractivity contribution >= 4 is 11.9 Å². The lowest BCUT2D eigenvalue weighted by molar-refractivity contribution is -0.115. The predicted octanol–water partition coefficient (Wildman–Crippen LogP) is 1.61. The Balaban J connectivity index is 2.08. The molecular weight excluding hydrogens is 228 g/mol. The van der Waals surface area contributed by atoms with E-state index in [0.29, 0.717) is 12.4 Å². The van der Waals surface area contributed by atoms with E-state index in [4.69, 9.17) is 0 Å². The van der Waals surface area contributed by atoms with Gasteiger partial charge in [0.2, 0.25) is 11.9 Å². The van der Waals surface area contributed by atoms with Crippen LogP contribution in [0.25, 0.3) is 0 Å². The Kier molecular flexibility index (Phi) is 3.41. The van der Waals surface area contributed by atoms with E-state index < -0.39 is 0 Å². The molecule has 1 aromatic carbocycles. The second kappa shape index (κ2) is 5.00. The zero-order chi connectivity index (χ0) is 13.1. The highest BCUT2D eigenvalue weighted by Crippen LogP contribution is 2.12. The first-order valence-electron chi connectivity index (χ1n) is 5.76. The number of carbonyl (C=O) groups excluding carboxylic acids is 1. The highest BCUT2D eigenvalue weighted by molar-refractivity contribution is 5.90. The molecule has 0 saturated heterocycles. The first kappa shape index (κ1) is 12.3. The van der Waals surface area contributed by atoms with Gasteiger partial charge >= 0.3 is 0 Å². The summed E-state index contributed by atoms with van der Waals surface area (Å²) in [6, 6.07) is 6.10. The zero-order valence-corrected chi connectivity index (χ0v) is 10.8. The van der Waals surface area contributed by atoms with Crippen LogP contribution in [0.15, 0.2) is 24.5 Å². The number of aryl methyl sites for hydroxylation is 3. The van der Waals surface area contributed by atoms with E-state index in [1.54, 1.807) is 7.05 Å². The van der Waals surface area contributed by atoms with E-state index in [0.717, 1.165) is 16.7 Å². The minimum absolute atomic E-state index is 0.0835. The third kappa shape index (κ3) is 2.74. The molecule has 1 heterocycles. The van der Waals surface area contributed by atoms with Crippen LogP contribution in [0, 0.1) is 13.8 Å². The van der Waals surface area contributed by atoms with Crippen molar-refractivity contribution in [3.63, 3.8) is 0 Å². The van der Waals surface area contributed by atoms with E-state index in [1.807, 2.05) is 32.0 Å². The molecule has 0 radical (unpaired) electrons. The maximum atomic E-state index is 11.9. The van der Waals surface area contributed by atoms with Gasteiger partial charge in [-0.3, -0.25) is 10.1 Å². The van der Waals surface area contributed by atoms with Gasteiger partial charge in [-0.15, -0.1) is 0 Å². The van der Waals surface area contributed by atoms with E-state index in [9.17, 15) is 4.79 Å². The maximum absolute atomic E-state index is 11.9. The van der Waals surface area contributed by atoms with Crippen molar-refractivity contribution in [2.75, 3.05) is 5.32 Å². The fourth-order valence-electron chi connectivity index (χ4n) is 1.74. The summed E-state index contributed by atoms with van der Waals surface area (Å²) < 4.78 is 1.53. The summed E-state index contributed by atoms with van der Waals surface area (Å²) in [7, 11) is 1.74.